The highest BCUT2D eigenvalue weighted by Crippen LogP contribution is 2.39. The van der Waals surface area contributed by atoms with Crippen LogP contribution in [-0.4, -0.2) is 6.29 Å². The van der Waals surface area contributed by atoms with Crippen LogP contribution in [0.3, 0.4) is 0 Å². The van der Waals surface area contributed by atoms with Crippen molar-refractivity contribution in [2.75, 3.05) is 0 Å². The standard InChI is InChI=1S/C14H16F2O/c15-13-6-5-11(9-14(13)16)12(7-8-17)10-3-1-2-4-10/h5-6,8-10,12H,1-4,7H2. The van der Waals surface area contributed by atoms with E-state index in [2.05, 4.69) is 0 Å². The van der Waals surface area contributed by atoms with Gasteiger partial charge in [0, 0.05) is 6.42 Å². The Morgan fingerprint density at radius 1 is 1.24 bits per heavy atom. The summed E-state index contributed by atoms with van der Waals surface area (Å²) in [5, 5.41) is 0. The molecule has 92 valence electrons. The van der Waals surface area contributed by atoms with E-state index in [1.54, 1.807) is 6.07 Å². The fraction of sp³-hybridized carbons (Fsp3) is 0.500. The molecule has 2 rings (SSSR count). The SMILES string of the molecule is O=CCC(c1ccc(F)c(F)c1)C1CCCC1. The van der Waals surface area contributed by atoms with E-state index in [1.165, 1.54) is 18.9 Å². The van der Waals surface area contributed by atoms with E-state index in [1.807, 2.05) is 0 Å². The van der Waals surface area contributed by atoms with Gasteiger partial charge in [-0.2, -0.15) is 0 Å². The molecule has 1 atom stereocenters. The lowest BCUT2D eigenvalue weighted by atomic mass is 9.83. The van der Waals surface area contributed by atoms with Gasteiger partial charge in [-0.05, 0) is 42.4 Å². The van der Waals surface area contributed by atoms with Gasteiger partial charge in [0.1, 0.15) is 6.29 Å². The first-order valence-corrected chi connectivity index (χ1v) is 6.11. The summed E-state index contributed by atoms with van der Waals surface area (Å²) in [6.07, 6.45) is 5.78. The summed E-state index contributed by atoms with van der Waals surface area (Å²) in [7, 11) is 0. The Labute approximate surface area is 99.8 Å². The van der Waals surface area contributed by atoms with E-state index in [0.29, 0.717) is 12.3 Å². The van der Waals surface area contributed by atoms with E-state index in [9.17, 15) is 13.6 Å². The number of benzene rings is 1. The average Bonchev–Trinajstić information content (AvgIpc) is 2.83. The van der Waals surface area contributed by atoms with Crippen molar-refractivity contribution in [2.45, 2.75) is 38.0 Å². The highest BCUT2D eigenvalue weighted by molar-refractivity contribution is 5.52. The van der Waals surface area contributed by atoms with Crippen LogP contribution in [0.2, 0.25) is 0 Å². The van der Waals surface area contributed by atoms with Crippen molar-refractivity contribution in [1.29, 1.82) is 0 Å². The summed E-state index contributed by atoms with van der Waals surface area (Å²) in [6, 6.07) is 3.99. The fourth-order valence-corrected chi connectivity index (χ4v) is 2.81. The van der Waals surface area contributed by atoms with Gasteiger partial charge in [0.15, 0.2) is 11.6 Å². The minimum atomic E-state index is -0.829. The smallest absolute Gasteiger partial charge is 0.159 e. The van der Waals surface area contributed by atoms with Gasteiger partial charge in [-0.15, -0.1) is 0 Å². The minimum absolute atomic E-state index is 0.0464. The molecule has 0 spiro atoms. The van der Waals surface area contributed by atoms with Crippen molar-refractivity contribution >= 4 is 6.29 Å². The number of rotatable bonds is 4. The summed E-state index contributed by atoms with van der Waals surface area (Å²) in [6.45, 7) is 0. The summed E-state index contributed by atoms with van der Waals surface area (Å²) >= 11 is 0. The molecule has 3 heteroatoms. The molecule has 1 nitrogen and oxygen atoms in total. The van der Waals surface area contributed by atoms with Crippen LogP contribution >= 0.6 is 0 Å². The first kappa shape index (κ1) is 12.2. The second-order valence-electron chi connectivity index (χ2n) is 4.73. The molecule has 1 aliphatic carbocycles. The zero-order valence-corrected chi connectivity index (χ0v) is 9.66. The van der Waals surface area contributed by atoms with Gasteiger partial charge in [0.2, 0.25) is 0 Å². The molecule has 0 N–H and O–H groups in total. The maximum atomic E-state index is 13.2. The van der Waals surface area contributed by atoms with Gasteiger partial charge in [-0.1, -0.05) is 18.9 Å². The number of aldehydes is 1. The Hall–Kier alpha value is -1.25. The predicted molar refractivity (Wildman–Crippen MR) is 61.7 cm³/mol. The predicted octanol–water partition coefficient (Wildman–Crippen LogP) is 3.83. The molecule has 1 fully saturated rings. The monoisotopic (exact) mass is 238 g/mol. The van der Waals surface area contributed by atoms with Crippen LogP contribution in [-0.2, 0) is 4.79 Å². The lowest BCUT2D eigenvalue weighted by molar-refractivity contribution is -0.108. The van der Waals surface area contributed by atoms with E-state index in [-0.39, 0.29) is 5.92 Å². The Morgan fingerprint density at radius 3 is 2.53 bits per heavy atom. The van der Waals surface area contributed by atoms with Crippen LogP contribution in [0.25, 0.3) is 0 Å². The second kappa shape index (κ2) is 5.39. The summed E-state index contributed by atoms with van der Waals surface area (Å²) in [5.41, 5.74) is 0.753. The Bertz CT molecular complexity index is 397. The summed E-state index contributed by atoms with van der Waals surface area (Å²) in [5.74, 6) is -1.17. The average molecular weight is 238 g/mol. The van der Waals surface area contributed by atoms with E-state index in [4.69, 9.17) is 0 Å². The van der Waals surface area contributed by atoms with Crippen molar-refractivity contribution < 1.29 is 13.6 Å². The van der Waals surface area contributed by atoms with E-state index >= 15 is 0 Å². The van der Waals surface area contributed by atoms with Gasteiger partial charge in [-0.3, -0.25) is 0 Å². The summed E-state index contributed by atoms with van der Waals surface area (Å²) < 4.78 is 26.1. The van der Waals surface area contributed by atoms with Crippen LogP contribution in [0.5, 0.6) is 0 Å². The van der Waals surface area contributed by atoms with Gasteiger partial charge in [0.25, 0.3) is 0 Å². The van der Waals surface area contributed by atoms with Crippen molar-refractivity contribution in [1.82, 2.24) is 0 Å². The van der Waals surface area contributed by atoms with Crippen molar-refractivity contribution in [3.63, 3.8) is 0 Å². The van der Waals surface area contributed by atoms with Crippen LogP contribution in [0.1, 0.15) is 43.6 Å². The van der Waals surface area contributed by atoms with Crippen molar-refractivity contribution in [3.8, 4) is 0 Å². The number of hydrogen-bond acceptors (Lipinski definition) is 1. The molecule has 1 aliphatic rings. The van der Waals surface area contributed by atoms with Crippen LogP contribution in [0.4, 0.5) is 8.78 Å². The van der Waals surface area contributed by atoms with Crippen molar-refractivity contribution in [3.05, 3.63) is 35.4 Å². The molecule has 1 saturated carbocycles. The van der Waals surface area contributed by atoms with E-state index in [0.717, 1.165) is 30.8 Å². The molecule has 0 amide bonds. The Balaban J connectivity index is 2.24. The lowest BCUT2D eigenvalue weighted by Gasteiger charge is -2.21. The van der Waals surface area contributed by atoms with Gasteiger partial charge in [-0.25, -0.2) is 8.78 Å². The lowest BCUT2D eigenvalue weighted by Crippen LogP contribution is -2.11. The molecule has 1 unspecified atom stereocenters. The molecule has 17 heavy (non-hydrogen) atoms. The molecule has 0 saturated heterocycles. The third kappa shape index (κ3) is 2.71. The zero-order chi connectivity index (χ0) is 12.3. The first-order chi connectivity index (χ1) is 8.22. The zero-order valence-electron chi connectivity index (χ0n) is 9.66. The van der Waals surface area contributed by atoms with Crippen LogP contribution in [0, 0.1) is 17.6 Å². The topological polar surface area (TPSA) is 17.1 Å². The molecule has 1 aromatic rings. The largest absolute Gasteiger partial charge is 0.303 e. The number of halogens is 2. The van der Waals surface area contributed by atoms with Gasteiger partial charge in [0.05, 0.1) is 0 Å². The molecule has 0 aromatic heterocycles. The molecular formula is C14H16F2O. The van der Waals surface area contributed by atoms with Crippen LogP contribution in [0.15, 0.2) is 18.2 Å². The molecule has 0 heterocycles. The molecule has 0 radical (unpaired) electrons. The van der Waals surface area contributed by atoms with Crippen LogP contribution < -0.4 is 0 Å². The van der Waals surface area contributed by atoms with Gasteiger partial charge >= 0.3 is 0 Å². The number of carbonyl (C=O) groups excluding carboxylic acids is 1. The number of carbonyl (C=O) groups is 1. The minimum Gasteiger partial charge on any atom is -0.303 e. The van der Waals surface area contributed by atoms with Gasteiger partial charge < -0.3 is 4.79 Å². The highest BCUT2D eigenvalue weighted by Gasteiger charge is 2.26. The highest BCUT2D eigenvalue weighted by atomic mass is 19.2. The fourth-order valence-electron chi connectivity index (χ4n) is 2.81. The molecule has 1 aromatic carbocycles. The van der Waals surface area contributed by atoms with E-state index < -0.39 is 11.6 Å². The second-order valence-corrected chi connectivity index (χ2v) is 4.73. The van der Waals surface area contributed by atoms with Crippen molar-refractivity contribution in [2.24, 2.45) is 5.92 Å². The number of hydrogen-bond donors (Lipinski definition) is 0. The Morgan fingerprint density at radius 2 is 1.94 bits per heavy atom. The first-order valence-electron chi connectivity index (χ1n) is 6.11. The molecule has 0 aliphatic heterocycles. The third-order valence-electron chi connectivity index (χ3n) is 3.69. The normalized spacial score (nSPS) is 18.2. The summed E-state index contributed by atoms with van der Waals surface area (Å²) in [4.78, 5) is 10.7. The quantitative estimate of drug-likeness (QED) is 0.728. The molecule has 0 bridgehead atoms. The third-order valence-corrected chi connectivity index (χ3v) is 3.69. The maximum Gasteiger partial charge on any atom is 0.159 e. The Kier molecular flexibility index (Phi) is 3.87. The molecular weight excluding hydrogens is 222 g/mol. The maximum absolute atomic E-state index is 13.2.